The number of hydrogen-bond donors (Lipinski definition) is 1. The summed E-state index contributed by atoms with van der Waals surface area (Å²) in [6.07, 6.45) is 8.56. The smallest absolute Gasteiger partial charge is 0.196 e. The van der Waals surface area contributed by atoms with Crippen LogP contribution in [0.3, 0.4) is 0 Å². The summed E-state index contributed by atoms with van der Waals surface area (Å²) in [5, 5.41) is 19.2. The van der Waals surface area contributed by atoms with E-state index in [4.69, 9.17) is 10.1 Å². The first kappa shape index (κ1) is 21.0. The highest BCUT2D eigenvalue weighted by Crippen LogP contribution is 2.24. The summed E-state index contributed by atoms with van der Waals surface area (Å²) in [5.41, 5.74) is 4.36. The highest BCUT2D eigenvalue weighted by Gasteiger charge is 2.14. The molecule has 0 bridgehead atoms. The number of aryl methyl sites for hydroxylation is 3. The van der Waals surface area contributed by atoms with Crippen molar-refractivity contribution in [1.82, 2.24) is 40.0 Å². The monoisotopic (exact) mass is 418 g/mol. The molecule has 3 aromatic heterocycles. The van der Waals surface area contributed by atoms with Crippen LogP contribution in [0.1, 0.15) is 62.3 Å². The van der Waals surface area contributed by atoms with Crippen LogP contribution < -0.4 is 0 Å². The molecule has 0 fully saturated rings. The lowest BCUT2D eigenvalue weighted by Crippen LogP contribution is -2.07. The highest BCUT2D eigenvalue weighted by molar-refractivity contribution is 5.59. The van der Waals surface area contributed by atoms with Gasteiger partial charge in [0, 0.05) is 24.7 Å². The zero-order valence-corrected chi connectivity index (χ0v) is 18.5. The maximum absolute atomic E-state index is 4.81. The van der Waals surface area contributed by atoms with E-state index >= 15 is 0 Å². The van der Waals surface area contributed by atoms with Crippen LogP contribution in [0.5, 0.6) is 0 Å². The van der Waals surface area contributed by atoms with Gasteiger partial charge in [0.15, 0.2) is 11.6 Å². The summed E-state index contributed by atoms with van der Waals surface area (Å²) in [5.74, 6) is 2.73. The molecule has 4 aromatic rings. The second kappa shape index (κ2) is 9.68. The van der Waals surface area contributed by atoms with Crippen LogP contribution in [-0.2, 0) is 19.4 Å². The van der Waals surface area contributed by atoms with Gasteiger partial charge in [0.25, 0.3) is 0 Å². The van der Waals surface area contributed by atoms with Crippen molar-refractivity contribution in [2.24, 2.45) is 0 Å². The molecule has 1 aromatic carbocycles. The maximum atomic E-state index is 4.81. The third-order valence-corrected chi connectivity index (χ3v) is 5.50. The molecule has 8 nitrogen and oxygen atoms in total. The van der Waals surface area contributed by atoms with Gasteiger partial charge in [0.2, 0.25) is 0 Å². The molecule has 0 spiro atoms. The number of aromatic nitrogens is 8. The van der Waals surface area contributed by atoms with E-state index in [2.05, 4.69) is 81.0 Å². The maximum Gasteiger partial charge on any atom is 0.196 e. The number of nitrogens with zero attached hydrogens (tertiary/aromatic N) is 7. The SMILES string of the molecule is CCCCc1nc(CCCC)n(Cc2ccc(-n3ccc(C)c3-c3nnn[nH]3)cc2)n1. The van der Waals surface area contributed by atoms with Crippen LogP contribution in [0, 0.1) is 6.92 Å². The molecule has 0 unspecified atom stereocenters. The molecule has 0 aliphatic rings. The van der Waals surface area contributed by atoms with Crippen LogP contribution >= 0.6 is 0 Å². The van der Waals surface area contributed by atoms with Gasteiger partial charge in [-0.2, -0.15) is 5.10 Å². The summed E-state index contributed by atoms with van der Waals surface area (Å²) >= 11 is 0. The first-order valence-electron chi connectivity index (χ1n) is 11.1. The molecule has 0 radical (unpaired) electrons. The number of hydrogen-bond acceptors (Lipinski definition) is 5. The summed E-state index contributed by atoms with van der Waals surface area (Å²) in [6.45, 7) is 7.21. The second-order valence-electron chi connectivity index (χ2n) is 7.94. The Hall–Kier alpha value is -3.29. The van der Waals surface area contributed by atoms with Crippen molar-refractivity contribution in [3.63, 3.8) is 0 Å². The van der Waals surface area contributed by atoms with Gasteiger partial charge in [-0.3, -0.25) is 0 Å². The van der Waals surface area contributed by atoms with Gasteiger partial charge in [-0.15, -0.1) is 5.10 Å². The first-order valence-corrected chi connectivity index (χ1v) is 11.1. The fourth-order valence-electron chi connectivity index (χ4n) is 3.75. The van der Waals surface area contributed by atoms with E-state index < -0.39 is 0 Å². The van der Waals surface area contributed by atoms with E-state index in [9.17, 15) is 0 Å². The molecule has 3 heterocycles. The second-order valence-corrected chi connectivity index (χ2v) is 7.94. The van der Waals surface area contributed by atoms with Gasteiger partial charge in [-0.1, -0.05) is 38.8 Å². The molecule has 0 saturated carbocycles. The number of aromatic amines is 1. The van der Waals surface area contributed by atoms with E-state index in [-0.39, 0.29) is 0 Å². The predicted octanol–water partition coefficient (Wildman–Crippen LogP) is 4.29. The number of rotatable bonds is 10. The average Bonchev–Trinajstić information content (AvgIpc) is 3.52. The zero-order valence-electron chi connectivity index (χ0n) is 18.5. The third-order valence-electron chi connectivity index (χ3n) is 5.50. The molecule has 1 N–H and O–H groups in total. The van der Waals surface area contributed by atoms with E-state index in [0.29, 0.717) is 5.82 Å². The zero-order chi connectivity index (χ0) is 21.6. The summed E-state index contributed by atoms with van der Waals surface area (Å²) < 4.78 is 4.19. The lowest BCUT2D eigenvalue weighted by molar-refractivity contribution is 0.612. The fourth-order valence-corrected chi connectivity index (χ4v) is 3.75. The minimum atomic E-state index is 0.661. The Morgan fingerprint density at radius 3 is 2.45 bits per heavy atom. The lowest BCUT2D eigenvalue weighted by atomic mass is 10.2. The Kier molecular flexibility index (Phi) is 6.54. The van der Waals surface area contributed by atoms with Crippen molar-refractivity contribution in [3.8, 4) is 17.2 Å². The Balaban J connectivity index is 1.55. The molecule has 0 aliphatic heterocycles. The van der Waals surface area contributed by atoms with Crippen LogP contribution in [0.25, 0.3) is 17.2 Å². The summed E-state index contributed by atoms with van der Waals surface area (Å²) in [7, 11) is 0. The van der Waals surface area contributed by atoms with Gasteiger partial charge in [0.1, 0.15) is 5.82 Å². The van der Waals surface area contributed by atoms with Crippen molar-refractivity contribution in [2.75, 3.05) is 0 Å². The van der Waals surface area contributed by atoms with Gasteiger partial charge in [0.05, 0.1) is 12.2 Å². The minimum Gasteiger partial charge on any atom is -0.314 e. The number of unbranched alkanes of at least 4 members (excludes halogenated alkanes) is 2. The molecule has 4 rings (SSSR count). The van der Waals surface area contributed by atoms with Crippen molar-refractivity contribution in [1.29, 1.82) is 0 Å². The van der Waals surface area contributed by atoms with Gasteiger partial charge in [-0.05, 0) is 59.5 Å². The molecule has 0 amide bonds. The Morgan fingerprint density at radius 1 is 0.968 bits per heavy atom. The summed E-state index contributed by atoms with van der Waals surface area (Å²) in [6, 6.07) is 10.6. The molecule has 31 heavy (non-hydrogen) atoms. The molecular weight excluding hydrogens is 388 g/mol. The molecule has 0 saturated heterocycles. The molecular formula is C23H30N8. The standard InChI is InChI=1S/C23H30N8/c1-4-6-8-20-24-21(9-7-5-2)31(27-20)16-18-10-12-19(13-11-18)30-15-14-17(3)22(30)23-25-28-29-26-23/h10-15H,4-9,16H2,1-3H3,(H,25,26,28,29). The van der Waals surface area contributed by atoms with Gasteiger partial charge >= 0.3 is 0 Å². The van der Waals surface area contributed by atoms with Crippen LogP contribution in [0.15, 0.2) is 36.5 Å². The average molecular weight is 419 g/mol. The van der Waals surface area contributed by atoms with E-state index in [1.165, 1.54) is 5.56 Å². The highest BCUT2D eigenvalue weighted by atomic mass is 15.5. The minimum absolute atomic E-state index is 0.661. The number of H-pyrrole nitrogens is 1. The topological polar surface area (TPSA) is 90.1 Å². The van der Waals surface area contributed by atoms with Crippen molar-refractivity contribution in [3.05, 3.63) is 59.3 Å². The van der Waals surface area contributed by atoms with E-state index in [1.54, 1.807) is 0 Å². The lowest BCUT2D eigenvalue weighted by Gasteiger charge is -2.10. The normalized spacial score (nSPS) is 11.3. The Labute approximate surface area is 182 Å². The number of nitrogens with one attached hydrogen (secondary N) is 1. The summed E-state index contributed by atoms with van der Waals surface area (Å²) in [4.78, 5) is 4.81. The van der Waals surface area contributed by atoms with Gasteiger partial charge < -0.3 is 4.57 Å². The number of tetrazole rings is 1. The Bertz CT molecular complexity index is 1090. The quantitative estimate of drug-likeness (QED) is 0.415. The van der Waals surface area contributed by atoms with Crippen LogP contribution in [-0.4, -0.2) is 40.0 Å². The van der Waals surface area contributed by atoms with Crippen molar-refractivity contribution >= 4 is 0 Å². The molecule has 0 aliphatic carbocycles. The largest absolute Gasteiger partial charge is 0.314 e. The van der Waals surface area contributed by atoms with Crippen LogP contribution in [0.2, 0.25) is 0 Å². The third kappa shape index (κ3) is 4.73. The molecule has 0 atom stereocenters. The van der Waals surface area contributed by atoms with E-state index in [1.807, 2.05) is 6.20 Å². The molecule has 8 heteroatoms. The van der Waals surface area contributed by atoms with Crippen molar-refractivity contribution < 1.29 is 0 Å². The predicted molar refractivity (Wildman–Crippen MR) is 120 cm³/mol. The van der Waals surface area contributed by atoms with Crippen LogP contribution in [0.4, 0.5) is 0 Å². The molecule has 162 valence electrons. The number of benzene rings is 1. The van der Waals surface area contributed by atoms with Crippen molar-refractivity contribution in [2.45, 2.75) is 65.8 Å². The first-order chi connectivity index (χ1) is 15.2. The Morgan fingerprint density at radius 2 is 1.74 bits per heavy atom. The van der Waals surface area contributed by atoms with Gasteiger partial charge in [-0.25, -0.2) is 14.8 Å². The fraction of sp³-hybridized carbons (Fsp3) is 0.435. The van der Waals surface area contributed by atoms with E-state index in [0.717, 1.165) is 73.7 Å².